The first-order chi connectivity index (χ1) is 9.41. The summed E-state index contributed by atoms with van der Waals surface area (Å²) in [7, 11) is 0. The second-order valence-electron chi connectivity index (χ2n) is 5.38. The van der Waals surface area contributed by atoms with Crippen LogP contribution in [0.5, 0.6) is 0 Å². The highest BCUT2D eigenvalue weighted by molar-refractivity contribution is 5.95. The van der Waals surface area contributed by atoms with Gasteiger partial charge in [0.1, 0.15) is 0 Å². The van der Waals surface area contributed by atoms with Gasteiger partial charge in [0.25, 0.3) is 5.91 Å². The van der Waals surface area contributed by atoms with Crippen LogP contribution < -0.4 is 11.1 Å². The molecule has 0 bridgehead atoms. The van der Waals surface area contributed by atoms with Crippen molar-refractivity contribution in [2.24, 2.45) is 5.73 Å². The third-order valence-electron chi connectivity index (χ3n) is 3.13. The Morgan fingerprint density at radius 3 is 2.85 bits per heavy atom. The second-order valence-corrected chi connectivity index (χ2v) is 5.38. The minimum Gasteiger partial charge on any atom is -0.374 e. The molecule has 0 aromatic carbocycles. The molecular weight excluding hydrogens is 256 g/mol. The van der Waals surface area contributed by atoms with Gasteiger partial charge in [-0.2, -0.15) is 5.10 Å². The molecule has 0 fully saturated rings. The molecule has 1 aromatic heterocycles. The molecule has 0 radical (unpaired) electrons. The van der Waals surface area contributed by atoms with Crippen LogP contribution in [-0.2, 0) is 11.3 Å². The number of nitrogens with two attached hydrogens (primary N) is 1. The van der Waals surface area contributed by atoms with Crippen LogP contribution in [0, 0.1) is 6.92 Å². The highest BCUT2D eigenvalue weighted by Gasteiger charge is 2.20. The minimum absolute atomic E-state index is 0.116. The Morgan fingerprint density at radius 2 is 2.25 bits per heavy atom. The maximum atomic E-state index is 12.2. The molecule has 0 unspecified atom stereocenters. The lowest BCUT2D eigenvalue weighted by molar-refractivity contribution is -0.00816. The fraction of sp³-hybridized carbons (Fsp3) is 0.714. The summed E-state index contributed by atoms with van der Waals surface area (Å²) in [5.41, 5.74) is 6.59. The van der Waals surface area contributed by atoms with Gasteiger partial charge in [0.05, 0.1) is 17.4 Å². The lowest BCUT2D eigenvalue weighted by Gasteiger charge is -2.24. The van der Waals surface area contributed by atoms with Crippen LogP contribution in [0.15, 0.2) is 6.20 Å². The maximum absolute atomic E-state index is 12.2. The number of nitrogens with zero attached hydrogens (tertiary/aromatic N) is 2. The monoisotopic (exact) mass is 282 g/mol. The first kappa shape index (κ1) is 16.7. The second kappa shape index (κ2) is 7.40. The van der Waals surface area contributed by atoms with Gasteiger partial charge in [-0.3, -0.25) is 9.48 Å². The van der Waals surface area contributed by atoms with Crippen LogP contribution >= 0.6 is 0 Å². The van der Waals surface area contributed by atoms with E-state index in [0.717, 1.165) is 18.7 Å². The number of nitrogens with one attached hydrogen (secondary N) is 1. The molecule has 6 nitrogen and oxygen atoms in total. The minimum atomic E-state index is -0.367. The van der Waals surface area contributed by atoms with Gasteiger partial charge in [-0.15, -0.1) is 0 Å². The molecule has 0 aliphatic carbocycles. The van der Waals surface area contributed by atoms with Crippen molar-refractivity contribution >= 4 is 5.91 Å². The quantitative estimate of drug-likeness (QED) is 0.747. The molecule has 20 heavy (non-hydrogen) atoms. The average molecular weight is 282 g/mol. The molecule has 0 saturated heterocycles. The fourth-order valence-electron chi connectivity index (χ4n) is 1.97. The molecule has 1 rings (SSSR count). The predicted octanol–water partition coefficient (Wildman–Crippen LogP) is 1.09. The van der Waals surface area contributed by atoms with E-state index >= 15 is 0 Å². The fourth-order valence-corrected chi connectivity index (χ4v) is 1.97. The van der Waals surface area contributed by atoms with Crippen molar-refractivity contribution in [3.8, 4) is 0 Å². The summed E-state index contributed by atoms with van der Waals surface area (Å²) in [5.74, 6) is -0.116. The average Bonchev–Trinajstić information content (AvgIpc) is 2.75. The summed E-state index contributed by atoms with van der Waals surface area (Å²) in [6, 6.07) is 0. The van der Waals surface area contributed by atoms with E-state index in [9.17, 15) is 4.79 Å². The van der Waals surface area contributed by atoms with Crippen molar-refractivity contribution in [3.05, 3.63) is 17.5 Å². The molecule has 0 aliphatic heterocycles. The van der Waals surface area contributed by atoms with Crippen LogP contribution in [0.4, 0.5) is 0 Å². The van der Waals surface area contributed by atoms with Crippen LogP contribution in [0.1, 0.15) is 43.2 Å². The largest absolute Gasteiger partial charge is 0.374 e. The highest BCUT2D eigenvalue weighted by atomic mass is 16.5. The lowest BCUT2D eigenvalue weighted by atomic mass is 10.1. The van der Waals surface area contributed by atoms with Gasteiger partial charge in [-0.25, -0.2) is 0 Å². The van der Waals surface area contributed by atoms with E-state index in [1.54, 1.807) is 6.20 Å². The third-order valence-corrected chi connectivity index (χ3v) is 3.13. The molecule has 3 N–H and O–H groups in total. The van der Waals surface area contributed by atoms with Gasteiger partial charge < -0.3 is 15.8 Å². The van der Waals surface area contributed by atoms with E-state index in [1.165, 1.54) is 0 Å². The van der Waals surface area contributed by atoms with Crippen molar-refractivity contribution in [3.63, 3.8) is 0 Å². The van der Waals surface area contributed by atoms with E-state index < -0.39 is 0 Å². The van der Waals surface area contributed by atoms with Gasteiger partial charge in [-0.1, -0.05) is 0 Å². The van der Waals surface area contributed by atoms with Gasteiger partial charge >= 0.3 is 0 Å². The smallest absolute Gasteiger partial charge is 0.254 e. The summed E-state index contributed by atoms with van der Waals surface area (Å²) in [4.78, 5) is 12.2. The maximum Gasteiger partial charge on any atom is 0.254 e. The number of hydrogen-bond donors (Lipinski definition) is 2. The van der Waals surface area contributed by atoms with Crippen LogP contribution in [0.2, 0.25) is 0 Å². The molecule has 0 aliphatic rings. The third kappa shape index (κ3) is 4.61. The Hall–Kier alpha value is -1.40. The van der Waals surface area contributed by atoms with Crippen molar-refractivity contribution in [1.29, 1.82) is 0 Å². The van der Waals surface area contributed by atoms with Gasteiger partial charge in [-0.05, 0) is 40.7 Å². The van der Waals surface area contributed by atoms with E-state index in [4.69, 9.17) is 10.5 Å². The zero-order valence-electron chi connectivity index (χ0n) is 12.9. The lowest BCUT2D eigenvalue weighted by Crippen LogP contribution is -2.40. The number of ether oxygens (including phenoxy) is 1. The van der Waals surface area contributed by atoms with Crippen molar-refractivity contribution in [1.82, 2.24) is 15.1 Å². The van der Waals surface area contributed by atoms with E-state index in [1.807, 2.05) is 32.4 Å². The Morgan fingerprint density at radius 1 is 1.55 bits per heavy atom. The SMILES string of the molecule is CCOC(C)(C)CNC(=O)c1cnn(CCCN)c1C. The molecule has 1 aromatic rings. The van der Waals surface area contributed by atoms with Crippen molar-refractivity contribution in [2.45, 2.75) is 46.3 Å². The van der Waals surface area contributed by atoms with Crippen molar-refractivity contribution in [2.75, 3.05) is 19.7 Å². The van der Waals surface area contributed by atoms with Crippen LogP contribution in [-0.4, -0.2) is 41.0 Å². The molecule has 6 heteroatoms. The Kier molecular flexibility index (Phi) is 6.16. The predicted molar refractivity (Wildman–Crippen MR) is 78.7 cm³/mol. The first-order valence-corrected chi connectivity index (χ1v) is 7.06. The normalized spacial score (nSPS) is 11.7. The molecule has 1 amide bonds. The van der Waals surface area contributed by atoms with E-state index in [-0.39, 0.29) is 11.5 Å². The summed E-state index contributed by atoms with van der Waals surface area (Å²) in [6.07, 6.45) is 2.45. The molecule has 114 valence electrons. The molecule has 0 atom stereocenters. The Bertz CT molecular complexity index is 440. The summed E-state index contributed by atoms with van der Waals surface area (Å²) >= 11 is 0. The molecule has 0 saturated carbocycles. The number of aryl methyl sites for hydroxylation is 1. The highest BCUT2D eigenvalue weighted by Crippen LogP contribution is 2.10. The number of rotatable bonds is 8. The zero-order valence-corrected chi connectivity index (χ0v) is 12.9. The number of amides is 1. The Labute approximate surface area is 120 Å². The standard InChI is InChI=1S/C14H26N4O2/c1-5-20-14(3,4)10-16-13(19)12-9-17-18(11(12)2)8-6-7-15/h9H,5-8,10,15H2,1-4H3,(H,16,19). The number of carbonyl (C=O) groups is 1. The number of hydrogen-bond acceptors (Lipinski definition) is 4. The summed E-state index contributed by atoms with van der Waals surface area (Å²) in [5, 5.41) is 7.12. The first-order valence-electron chi connectivity index (χ1n) is 7.06. The van der Waals surface area contributed by atoms with E-state index in [2.05, 4.69) is 10.4 Å². The van der Waals surface area contributed by atoms with E-state index in [0.29, 0.717) is 25.3 Å². The van der Waals surface area contributed by atoms with Crippen LogP contribution in [0.25, 0.3) is 0 Å². The molecule has 1 heterocycles. The van der Waals surface area contributed by atoms with Gasteiger partial charge in [0, 0.05) is 25.4 Å². The summed E-state index contributed by atoms with van der Waals surface area (Å²) in [6.45, 7) is 10.2. The number of aromatic nitrogens is 2. The topological polar surface area (TPSA) is 82.2 Å². The van der Waals surface area contributed by atoms with Crippen molar-refractivity contribution < 1.29 is 9.53 Å². The molecule has 0 spiro atoms. The Balaban J connectivity index is 2.62. The summed E-state index contributed by atoms with van der Waals surface area (Å²) < 4.78 is 7.37. The zero-order chi connectivity index (χ0) is 15.2. The van der Waals surface area contributed by atoms with Gasteiger partial charge in [0.15, 0.2) is 0 Å². The van der Waals surface area contributed by atoms with Crippen LogP contribution in [0.3, 0.4) is 0 Å². The molecular formula is C14H26N4O2. The van der Waals surface area contributed by atoms with Gasteiger partial charge in [0.2, 0.25) is 0 Å². The number of carbonyl (C=O) groups excluding carboxylic acids is 1.